The molecule has 0 bridgehead atoms. The molecule has 0 fully saturated rings. The van der Waals surface area contributed by atoms with Crippen molar-refractivity contribution in [1.82, 2.24) is 15.1 Å². The van der Waals surface area contributed by atoms with Crippen LogP contribution in [0.1, 0.15) is 44.0 Å². The first-order valence-electron chi connectivity index (χ1n) is 9.81. The number of anilines is 1. The summed E-state index contributed by atoms with van der Waals surface area (Å²) in [5, 5.41) is 9.42. The van der Waals surface area contributed by atoms with Gasteiger partial charge in [-0.25, -0.2) is 4.39 Å². The zero-order valence-corrected chi connectivity index (χ0v) is 17.4. The van der Waals surface area contributed by atoms with Gasteiger partial charge < -0.3 is 15.4 Å². The molecule has 1 heterocycles. The number of ether oxygens (including phenoxy) is 1. The van der Waals surface area contributed by atoms with E-state index in [4.69, 9.17) is 4.74 Å². The van der Waals surface area contributed by atoms with Crippen LogP contribution in [-0.4, -0.2) is 40.2 Å². The Hall–Kier alpha value is -3.23. The number of esters is 1. The highest BCUT2D eigenvalue weighted by molar-refractivity contribution is 6.04. The molecule has 0 saturated carbocycles. The van der Waals surface area contributed by atoms with E-state index in [0.29, 0.717) is 12.1 Å². The second kappa shape index (κ2) is 11.1. The summed E-state index contributed by atoms with van der Waals surface area (Å²) in [6.45, 7) is 5.93. The number of hydrogen-bond acceptors (Lipinski definition) is 5. The number of carbonyl (C=O) groups is 3. The van der Waals surface area contributed by atoms with E-state index in [0.717, 1.165) is 0 Å². The Labute approximate surface area is 174 Å². The number of nitrogens with one attached hydrogen (secondary N) is 2. The largest absolute Gasteiger partial charge is 0.466 e. The van der Waals surface area contributed by atoms with Crippen LogP contribution in [-0.2, 0) is 20.9 Å². The lowest BCUT2D eigenvalue weighted by Crippen LogP contribution is -2.39. The number of amides is 2. The van der Waals surface area contributed by atoms with Crippen molar-refractivity contribution in [2.45, 2.75) is 46.2 Å². The Morgan fingerprint density at radius 1 is 1.23 bits per heavy atom. The van der Waals surface area contributed by atoms with Crippen molar-refractivity contribution in [2.24, 2.45) is 5.92 Å². The molecule has 0 spiro atoms. The molecule has 1 aromatic heterocycles. The first-order valence-corrected chi connectivity index (χ1v) is 9.81. The molecule has 9 heteroatoms. The minimum atomic E-state index is -0.625. The van der Waals surface area contributed by atoms with Crippen LogP contribution in [0.3, 0.4) is 0 Å². The van der Waals surface area contributed by atoms with Gasteiger partial charge in [-0.3, -0.25) is 19.1 Å². The molecule has 0 aliphatic heterocycles. The quantitative estimate of drug-likeness (QED) is 0.578. The van der Waals surface area contributed by atoms with Crippen LogP contribution in [0.15, 0.2) is 36.7 Å². The van der Waals surface area contributed by atoms with Crippen molar-refractivity contribution in [1.29, 1.82) is 0 Å². The zero-order chi connectivity index (χ0) is 22.1. The number of carbonyl (C=O) groups excluding carboxylic acids is 3. The summed E-state index contributed by atoms with van der Waals surface area (Å²) >= 11 is 0. The number of rotatable bonds is 10. The molecule has 162 valence electrons. The highest BCUT2D eigenvalue weighted by Gasteiger charge is 2.19. The van der Waals surface area contributed by atoms with Crippen molar-refractivity contribution in [3.8, 4) is 0 Å². The minimum absolute atomic E-state index is 0.0847. The van der Waals surface area contributed by atoms with E-state index in [-0.39, 0.29) is 49.0 Å². The fourth-order valence-corrected chi connectivity index (χ4v) is 2.96. The van der Waals surface area contributed by atoms with Crippen LogP contribution in [0.25, 0.3) is 0 Å². The van der Waals surface area contributed by atoms with Crippen molar-refractivity contribution in [3.63, 3.8) is 0 Å². The van der Waals surface area contributed by atoms with Gasteiger partial charge in [0, 0.05) is 12.2 Å². The minimum Gasteiger partial charge on any atom is -0.466 e. The summed E-state index contributed by atoms with van der Waals surface area (Å²) < 4.78 is 20.0. The van der Waals surface area contributed by atoms with E-state index in [1.54, 1.807) is 13.0 Å². The van der Waals surface area contributed by atoms with Gasteiger partial charge in [0.2, 0.25) is 5.91 Å². The molecular weight excluding hydrogens is 391 g/mol. The second-order valence-electron chi connectivity index (χ2n) is 7.26. The maximum Gasteiger partial charge on any atom is 0.307 e. The van der Waals surface area contributed by atoms with Gasteiger partial charge in [-0.2, -0.15) is 5.10 Å². The van der Waals surface area contributed by atoms with E-state index < -0.39 is 11.7 Å². The molecule has 2 rings (SSSR count). The van der Waals surface area contributed by atoms with Gasteiger partial charge in [0.1, 0.15) is 12.4 Å². The fraction of sp³-hybridized carbons (Fsp3) is 0.429. The van der Waals surface area contributed by atoms with Crippen molar-refractivity contribution >= 4 is 23.5 Å². The van der Waals surface area contributed by atoms with Gasteiger partial charge in [-0.05, 0) is 31.4 Å². The van der Waals surface area contributed by atoms with Crippen LogP contribution < -0.4 is 10.6 Å². The van der Waals surface area contributed by atoms with E-state index in [2.05, 4.69) is 15.7 Å². The normalized spacial score (nSPS) is 11.8. The Balaban J connectivity index is 1.93. The van der Waals surface area contributed by atoms with Crippen molar-refractivity contribution in [2.75, 3.05) is 11.9 Å². The predicted octanol–water partition coefficient (Wildman–Crippen LogP) is 2.76. The Bertz CT molecular complexity index is 881. The smallest absolute Gasteiger partial charge is 0.307 e. The lowest BCUT2D eigenvalue weighted by atomic mass is 10.0. The van der Waals surface area contributed by atoms with Crippen LogP contribution >= 0.6 is 0 Å². The molecule has 0 aliphatic carbocycles. The first kappa shape index (κ1) is 23.1. The molecule has 30 heavy (non-hydrogen) atoms. The van der Waals surface area contributed by atoms with Crippen molar-refractivity contribution < 1.29 is 23.5 Å². The van der Waals surface area contributed by atoms with Crippen LogP contribution in [0.5, 0.6) is 0 Å². The van der Waals surface area contributed by atoms with Crippen molar-refractivity contribution in [3.05, 3.63) is 48.0 Å². The molecule has 0 radical (unpaired) electrons. The second-order valence-corrected chi connectivity index (χ2v) is 7.26. The summed E-state index contributed by atoms with van der Waals surface area (Å²) in [7, 11) is 0. The van der Waals surface area contributed by atoms with E-state index in [1.807, 2.05) is 13.8 Å². The molecule has 1 aromatic carbocycles. The average molecular weight is 418 g/mol. The molecule has 1 atom stereocenters. The third kappa shape index (κ3) is 7.31. The average Bonchev–Trinajstić information content (AvgIpc) is 3.08. The monoisotopic (exact) mass is 418 g/mol. The predicted molar refractivity (Wildman–Crippen MR) is 109 cm³/mol. The maximum atomic E-state index is 13.7. The lowest BCUT2D eigenvalue weighted by molar-refractivity contribution is -0.143. The lowest BCUT2D eigenvalue weighted by Gasteiger charge is -2.19. The molecule has 0 unspecified atom stereocenters. The van der Waals surface area contributed by atoms with E-state index in [9.17, 15) is 18.8 Å². The molecule has 2 N–H and O–H groups in total. The van der Waals surface area contributed by atoms with Gasteiger partial charge in [0.15, 0.2) is 0 Å². The van der Waals surface area contributed by atoms with Gasteiger partial charge in [-0.1, -0.05) is 26.0 Å². The third-order valence-corrected chi connectivity index (χ3v) is 4.15. The number of aromatic nitrogens is 2. The van der Waals surface area contributed by atoms with Gasteiger partial charge in [0.25, 0.3) is 5.91 Å². The summed E-state index contributed by atoms with van der Waals surface area (Å²) in [5.41, 5.74) is 0.250. The zero-order valence-electron chi connectivity index (χ0n) is 17.4. The number of nitrogens with zero attached hydrogens (tertiary/aromatic N) is 2. The maximum absolute atomic E-state index is 13.7. The molecule has 2 amide bonds. The Morgan fingerprint density at radius 2 is 1.97 bits per heavy atom. The Kier molecular flexibility index (Phi) is 8.52. The topological polar surface area (TPSA) is 102 Å². The SMILES string of the molecule is CCOC(=O)C[C@@H](CC(C)C)NC(=O)Cn1cc(NC(=O)c2ccccc2F)cn1. The van der Waals surface area contributed by atoms with Crippen LogP contribution in [0, 0.1) is 11.7 Å². The molecular formula is C21H27FN4O4. The highest BCUT2D eigenvalue weighted by Crippen LogP contribution is 2.12. The third-order valence-electron chi connectivity index (χ3n) is 4.15. The fourth-order valence-electron chi connectivity index (χ4n) is 2.96. The highest BCUT2D eigenvalue weighted by atomic mass is 19.1. The van der Waals surface area contributed by atoms with Gasteiger partial charge in [-0.15, -0.1) is 0 Å². The Morgan fingerprint density at radius 3 is 2.63 bits per heavy atom. The summed E-state index contributed by atoms with van der Waals surface area (Å²) in [5.74, 6) is -1.63. The van der Waals surface area contributed by atoms with E-state index >= 15 is 0 Å². The summed E-state index contributed by atoms with van der Waals surface area (Å²) in [6.07, 6.45) is 3.58. The molecule has 0 aliphatic rings. The molecule has 8 nitrogen and oxygen atoms in total. The number of benzene rings is 1. The molecule has 0 saturated heterocycles. The number of hydrogen-bond donors (Lipinski definition) is 2. The standard InChI is InChI=1S/C21H27FN4O4/c1-4-30-20(28)10-15(9-14(2)3)24-19(27)13-26-12-16(11-23-26)25-21(29)17-7-5-6-8-18(17)22/h5-8,11-12,14-15H,4,9-10,13H2,1-3H3,(H,24,27)(H,25,29)/t15-/m1/s1. The van der Waals surface area contributed by atoms with Gasteiger partial charge in [0.05, 0.1) is 30.5 Å². The first-order chi connectivity index (χ1) is 14.3. The van der Waals surface area contributed by atoms with Crippen LogP contribution in [0.2, 0.25) is 0 Å². The molecule has 2 aromatic rings. The van der Waals surface area contributed by atoms with Crippen LogP contribution in [0.4, 0.5) is 10.1 Å². The van der Waals surface area contributed by atoms with Gasteiger partial charge >= 0.3 is 5.97 Å². The number of halogens is 1. The summed E-state index contributed by atoms with van der Waals surface area (Å²) in [6, 6.07) is 5.30. The summed E-state index contributed by atoms with van der Waals surface area (Å²) in [4.78, 5) is 36.3. The van der Waals surface area contributed by atoms with E-state index in [1.165, 1.54) is 35.3 Å².